The maximum Gasteiger partial charge on any atom is 0.256 e. The quantitative estimate of drug-likeness (QED) is 0.271. The second-order valence-electron chi connectivity index (χ2n) is 15.1. The van der Waals surface area contributed by atoms with Gasteiger partial charge in [-0.25, -0.2) is 4.98 Å². The molecule has 0 amide bonds. The van der Waals surface area contributed by atoms with Crippen LogP contribution in [-0.4, -0.2) is 63.5 Å². The van der Waals surface area contributed by atoms with Gasteiger partial charge in [0, 0.05) is 48.3 Å². The van der Waals surface area contributed by atoms with E-state index in [1.165, 1.54) is 0 Å². The number of rotatable bonds is 6. The lowest BCUT2D eigenvalue weighted by Crippen LogP contribution is -2.38. The van der Waals surface area contributed by atoms with Crippen molar-refractivity contribution in [3.8, 4) is 23.5 Å². The Morgan fingerprint density at radius 1 is 1.08 bits per heavy atom. The molecule has 4 atom stereocenters. The summed E-state index contributed by atoms with van der Waals surface area (Å²) < 4.78 is 20.4. The highest BCUT2D eigenvalue weighted by Gasteiger charge is 2.48. The fourth-order valence-corrected chi connectivity index (χ4v) is 9.63. The molecule has 0 bridgehead atoms. The van der Waals surface area contributed by atoms with Crippen LogP contribution in [0, 0.1) is 11.3 Å². The lowest BCUT2D eigenvalue weighted by Gasteiger charge is -2.41. The van der Waals surface area contributed by atoms with Crippen molar-refractivity contribution in [2.24, 2.45) is 0 Å². The van der Waals surface area contributed by atoms with Gasteiger partial charge < -0.3 is 29.2 Å². The van der Waals surface area contributed by atoms with Crippen molar-refractivity contribution < 1.29 is 14.0 Å². The number of nitrogen functional groups attached to an aromatic ring is 1. The SMILES string of the molecule is C[C@H](Oc1cc(N2Cc3ccn([C@H]4CCOC4)c(=O)c3C2)nc(-c2noc3c2CCC[C@@]32CCCc3ccc(N)c(C#N)c32)n1)[C@@H]1CCCN1C. The molecule has 2 aliphatic carbocycles. The molecule has 12 nitrogen and oxygen atoms in total. The zero-order valence-corrected chi connectivity index (χ0v) is 29.4. The van der Waals surface area contributed by atoms with Gasteiger partial charge in [-0.1, -0.05) is 11.2 Å². The Labute approximate surface area is 297 Å². The average molecular weight is 689 g/mol. The zero-order chi connectivity index (χ0) is 34.9. The van der Waals surface area contributed by atoms with Gasteiger partial charge in [0.1, 0.15) is 18.0 Å². The Balaban J connectivity index is 1.12. The number of aromatic nitrogens is 4. The number of hydrogen-bond donors (Lipinski definition) is 1. The summed E-state index contributed by atoms with van der Waals surface area (Å²) in [5.74, 6) is 2.40. The standard InChI is InChI=1S/C39H44N8O4/c1-23(31-8-5-15-45(31)2)50-33-18-32(46-20-25-11-16-47(26-12-17-49-22-26)38(48)29(25)21-46)42-37(43-33)35-27-7-4-14-39(36(27)51-44-35)13-3-6-24-9-10-30(41)28(19-40)34(24)39/h9-11,16,18,23,26,31H,3-8,12-15,17,20-22,41H2,1-2H3/t23-,26-,31-,39+/m0/s1. The lowest BCUT2D eigenvalue weighted by molar-refractivity contribution is 0.117. The van der Waals surface area contributed by atoms with Gasteiger partial charge >= 0.3 is 0 Å². The van der Waals surface area contributed by atoms with Crippen molar-refractivity contribution in [1.29, 1.82) is 5.26 Å². The summed E-state index contributed by atoms with van der Waals surface area (Å²) in [6, 6.07) is 10.7. The molecular weight excluding hydrogens is 644 g/mol. The molecule has 51 heavy (non-hydrogen) atoms. The monoisotopic (exact) mass is 688 g/mol. The van der Waals surface area contributed by atoms with E-state index in [1.54, 1.807) is 0 Å². The van der Waals surface area contributed by atoms with Crippen LogP contribution in [0.5, 0.6) is 5.88 Å². The number of benzene rings is 1. The minimum absolute atomic E-state index is 0.0372. The Bertz CT molecular complexity index is 2110. The molecule has 6 heterocycles. The normalized spacial score (nSPS) is 24.7. The van der Waals surface area contributed by atoms with Crippen LogP contribution in [0.2, 0.25) is 0 Å². The maximum absolute atomic E-state index is 13.7. The number of hydrogen-bond acceptors (Lipinski definition) is 11. The van der Waals surface area contributed by atoms with Gasteiger partial charge in [-0.05, 0) is 107 Å². The van der Waals surface area contributed by atoms with Crippen molar-refractivity contribution in [2.75, 3.05) is 37.4 Å². The second kappa shape index (κ2) is 12.5. The van der Waals surface area contributed by atoms with E-state index in [9.17, 15) is 10.1 Å². The number of nitriles is 1. The van der Waals surface area contributed by atoms with E-state index in [-0.39, 0.29) is 23.7 Å². The number of likely N-dealkylation sites (N-methyl/N-ethyl adjacent to an activating group) is 1. The summed E-state index contributed by atoms with van der Waals surface area (Å²) in [5, 5.41) is 15.0. The van der Waals surface area contributed by atoms with Gasteiger partial charge in [0.05, 0.1) is 30.2 Å². The number of nitrogens with zero attached hydrogens (tertiary/aromatic N) is 7. The van der Waals surface area contributed by atoms with Crippen molar-refractivity contribution in [3.63, 3.8) is 0 Å². The van der Waals surface area contributed by atoms with Crippen molar-refractivity contribution in [3.05, 3.63) is 80.0 Å². The van der Waals surface area contributed by atoms with Crippen LogP contribution in [-0.2, 0) is 36.1 Å². The molecule has 1 aromatic carbocycles. The van der Waals surface area contributed by atoms with Crippen LogP contribution < -0.4 is 20.9 Å². The number of fused-ring (bicyclic) bond motifs is 5. The fourth-order valence-electron chi connectivity index (χ4n) is 9.63. The van der Waals surface area contributed by atoms with Crippen molar-refractivity contribution in [1.82, 2.24) is 24.6 Å². The van der Waals surface area contributed by atoms with E-state index in [0.717, 1.165) is 97.9 Å². The molecule has 5 aliphatic rings. The molecule has 0 unspecified atom stereocenters. The first-order chi connectivity index (χ1) is 24.8. The summed E-state index contributed by atoms with van der Waals surface area (Å²) in [7, 11) is 2.15. The molecular formula is C39H44N8O4. The van der Waals surface area contributed by atoms with Crippen LogP contribution in [0.1, 0.15) is 97.1 Å². The first-order valence-electron chi connectivity index (χ1n) is 18.5. The molecule has 4 aromatic rings. The maximum atomic E-state index is 13.7. The molecule has 2 saturated heterocycles. The molecule has 9 rings (SSSR count). The van der Waals surface area contributed by atoms with Gasteiger partial charge in [-0.15, -0.1) is 0 Å². The summed E-state index contributed by atoms with van der Waals surface area (Å²) in [5.41, 5.74) is 12.5. The topological polar surface area (TPSA) is 149 Å². The summed E-state index contributed by atoms with van der Waals surface area (Å²) in [6.07, 6.45) is 10.2. The smallest absolute Gasteiger partial charge is 0.256 e. The van der Waals surface area contributed by atoms with Crippen molar-refractivity contribution >= 4 is 11.5 Å². The molecule has 2 fully saturated rings. The predicted octanol–water partition coefficient (Wildman–Crippen LogP) is 5.05. The molecule has 2 N–H and O–H groups in total. The number of anilines is 2. The number of nitrogens with two attached hydrogens (primary N) is 1. The Morgan fingerprint density at radius 2 is 1.94 bits per heavy atom. The van der Waals surface area contributed by atoms with E-state index < -0.39 is 5.41 Å². The summed E-state index contributed by atoms with van der Waals surface area (Å²) in [6.45, 7) is 5.38. The number of pyridine rings is 1. The highest BCUT2D eigenvalue weighted by atomic mass is 16.5. The fraction of sp³-hybridized carbons (Fsp3) is 0.513. The van der Waals surface area contributed by atoms with Gasteiger partial charge in [0.25, 0.3) is 5.56 Å². The molecule has 3 aliphatic heterocycles. The average Bonchev–Trinajstić information content (AvgIpc) is 3.96. The van der Waals surface area contributed by atoms with Gasteiger partial charge in [-0.3, -0.25) is 9.69 Å². The summed E-state index contributed by atoms with van der Waals surface area (Å²) >= 11 is 0. The minimum Gasteiger partial charge on any atom is -0.473 e. The van der Waals surface area contributed by atoms with Crippen LogP contribution in [0.3, 0.4) is 0 Å². The van der Waals surface area contributed by atoms with Gasteiger partial charge in [0.2, 0.25) is 5.88 Å². The number of likely N-dealkylation sites (tertiary alicyclic amines) is 1. The van der Waals surface area contributed by atoms with E-state index in [4.69, 9.17) is 34.9 Å². The predicted molar refractivity (Wildman–Crippen MR) is 191 cm³/mol. The van der Waals surface area contributed by atoms with Crippen LogP contribution in [0.4, 0.5) is 11.5 Å². The molecule has 0 radical (unpaired) electrons. The highest BCUT2D eigenvalue weighted by molar-refractivity contribution is 5.68. The summed E-state index contributed by atoms with van der Waals surface area (Å²) in [4.78, 5) is 28.3. The third-order valence-corrected chi connectivity index (χ3v) is 12.2. The largest absolute Gasteiger partial charge is 0.473 e. The first-order valence-corrected chi connectivity index (χ1v) is 18.5. The Morgan fingerprint density at radius 3 is 2.73 bits per heavy atom. The second-order valence-corrected chi connectivity index (χ2v) is 15.1. The van der Waals surface area contributed by atoms with E-state index >= 15 is 0 Å². The minimum atomic E-state index is -0.480. The third-order valence-electron chi connectivity index (χ3n) is 12.2. The molecule has 12 heteroatoms. The number of ether oxygens (including phenoxy) is 2. The third kappa shape index (κ3) is 5.23. The molecule has 3 aromatic heterocycles. The van der Waals surface area contributed by atoms with E-state index in [0.29, 0.717) is 60.8 Å². The Hall–Kier alpha value is -4.73. The molecule has 264 valence electrons. The van der Waals surface area contributed by atoms with Crippen LogP contribution in [0.15, 0.2) is 39.8 Å². The molecule has 0 saturated carbocycles. The van der Waals surface area contributed by atoms with E-state index in [2.05, 4.69) is 42.0 Å². The zero-order valence-electron chi connectivity index (χ0n) is 29.4. The van der Waals surface area contributed by atoms with Crippen LogP contribution in [0.25, 0.3) is 11.5 Å². The number of aryl methyl sites for hydroxylation is 1. The van der Waals surface area contributed by atoms with Gasteiger partial charge in [-0.2, -0.15) is 10.2 Å². The van der Waals surface area contributed by atoms with Gasteiger partial charge in [0.15, 0.2) is 17.3 Å². The first kappa shape index (κ1) is 32.2. The Kier molecular flexibility index (Phi) is 7.89. The lowest BCUT2D eigenvalue weighted by atomic mass is 9.61. The van der Waals surface area contributed by atoms with Crippen molar-refractivity contribution in [2.45, 2.75) is 101 Å². The highest BCUT2D eigenvalue weighted by Crippen LogP contribution is 2.53. The molecule has 1 spiro atoms. The van der Waals surface area contributed by atoms with E-state index in [1.807, 2.05) is 22.9 Å². The van der Waals surface area contributed by atoms with Crippen LogP contribution >= 0.6 is 0 Å².